The summed E-state index contributed by atoms with van der Waals surface area (Å²) in [5, 5.41) is 18.6. The molecule has 118 valence electrons. The topological polar surface area (TPSA) is 179 Å². The maximum absolute atomic E-state index is 11.8. The van der Waals surface area contributed by atoms with Crippen molar-refractivity contribution in [1.82, 2.24) is 9.55 Å². The summed E-state index contributed by atoms with van der Waals surface area (Å²) in [5.41, 5.74) is -1.87. The van der Waals surface area contributed by atoms with Gasteiger partial charge in [-0.15, -0.1) is 0 Å². The summed E-state index contributed by atoms with van der Waals surface area (Å²) in [7, 11) is -4.56. The smallest absolute Gasteiger partial charge is 0.350 e. The molecule has 0 fully saturated rings. The normalized spacial score (nSPS) is 14.7. The van der Waals surface area contributed by atoms with E-state index in [0.29, 0.717) is 4.57 Å². The zero-order valence-corrected chi connectivity index (χ0v) is 11.3. The Morgan fingerprint density at radius 2 is 2.05 bits per heavy atom. The molecule has 0 saturated carbocycles. The monoisotopic (exact) mass is 324 g/mol. The van der Waals surface area contributed by atoms with Gasteiger partial charge in [-0.2, -0.15) is 0 Å². The molecule has 0 aliphatic carbocycles. The zero-order chi connectivity index (χ0) is 16.2. The first-order valence-electron chi connectivity index (χ1n) is 5.47. The van der Waals surface area contributed by atoms with Crippen molar-refractivity contribution < 1.29 is 34.1 Å². The van der Waals surface area contributed by atoms with E-state index in [1.807, 2.05) is 0 Å². The molecule has 1 rings (SSSR count). The molecular formula is C9H13N2O9P. The van der Waals surface area contributed by atoms with Gasteiger partial charge in [-0.1, -0.05) is 0 Å². The maximum Gasteiger partial charge on any atom is 0.350 e. The maximum atomic E-state index is 11.8. The van der Waals surface area contributed by atoms with E-state index < -0.39 is 49.9 Å². The van der Waals surface area contributed by atoms with Crippen LogP contribution in [0.1, 0.15) is 4.79 Å². The minimum atomic E-state index is -4.56. The van der Waals surface area contributed by atoms with Gasteiger partial charge in [-0.05, 0) is 0 Å². The Morgan fingerprint density at radius 3 is 2.52 bits per heavy atom. The van der Waals surface area contributed by atoms with Gasteiger partial charge in [-0.3, -0.25) is 19.1 Å². The lowest BCUT2D eigenvalue weighted by atomic mass is 10.2. The number of hydrogen-bond acceptors (Lipinski definition) is 7. The van der Waals surface area contributed by atoms with Gasteiger partial charge < -0.3 is 24.7 Å². The molecule has 1 aromatic rings. The molecule has 0 radical (unpaired) electrons. The summed E-state index contributed by atoms with van der Waals surface area (Å²) in [6.45, 7) is -0.926. The first-order valence-corrected chi connectivity index (χ1v) is 7.27. The fourth-order valence-electron chi connectivity index (χ4n) is 1.33. The van der Waals surface area contributed by atoms with Gasteiger partial charge in [-0.25, -0.2) is 9.36 Å². The predicted molar refractivity (Wildman–Crippen MR) is 66.8 cm³/mol. The van der Waals surface area contributed by atoms with Crippen LogP contribution in [0.2, 0.25) is 0 Å². The summed E-state index contributed by atoms with van der Waals surface area (Å²) < 4.78 is 15.6. The standard InChI is InChI=1S/C9H13N2O9P/c12-3-5(20-4-21(17,18)19)7(14)8(15)11-2-1-6(13)10-9(11)16/h1-2,5,7,12,14H,3-4H2,(H,10,13,16)(H2,17,18,19)/t5-,7+/m0/s1. The van der Waals surface area contributed by atoms with Crippen molar-refractivity contribution >= 4 is 13.5 Å². The van der Waals surface area contributed by atoms with Gasteiger partial charge in [0.15, 0.2) is 6.10 Å². The molecule has 1 heterocycles. The van der Waals surface area contributed by atoms with E-state index in [0.717, 1.165) is 12.3 Å². The molecule has 0 saturated heterocycles. The van der Waals surface area contributed by atoms with Crippen molar-refractivity contribution in [2.45, 2.75) is 12.2 Å². The Kier molecular flexibility index (Phi) is 5.72. The third-order valence-electron chi connectivity index (χ3n) is 2.30. The quantitative estimate of drug-likeness (QED) is 0.342. The van der Waals surface area contributed by atoms with Crippen LogP contribution in [0.25, 0.3) is 0 Å². The number of aliphatic hydroxyl groups is 2. The molecule has 2 atom stereocenters. The summed E-state index contributed by atoms with van der Waals surface area (Å²) in [6.07, 6.45) is -4.03. The average molecular weight is 324 g/mol. The largest absolute Gasteiger partial charge is 0.394 e. The molecule has 0 unspecified atom stereocenters. The highest BCUT2D eigenvalue weighted by molar-refractivity contribution is 7.51. The molecule has 0 aliphatic rings. The molecule has 0 spiro atoms. The van der Waals surface area contributed by atoms with Gasteiger partial charge in [0.2, 0.25) is 0 Å². The average Bonchev–Trinajstić information content (AvgIpc) is 2.37. The lowest BCUT2D eigenvalue weighted by Crippen LogP contribution is -2.45. The second-order valence-corrected chi connectivity index (χ2v) is 5.53. The number of aliphatic hydroxyl groups excluding tert-OH is 2. The molecule has 0 amide bonds. The highest BCUT2D eigenvalue weighted by Gasteiger charge is 2.30. The molecule has 21 heavy (non-hydrogen) atoms. The van der Waals surface area contributed by atoms with Crippen LogP contribution in [0.15, 0.2) is 21.9 Å². The minimum absolute atomic E-state index is 0.371. The van der Waals surface area contributed by atoms with Crippen molar-refractivity contribution in [3.8, 4) is 0 Å². The lowest BCUT2D eigenvalue weighted by molar-refractivity contribution is -0.0431. The van der Waals surface area contributed by atoms with Crippen LogP contribution >= 0.6 is 7.60 Å². The first kappa shape index (κ1) is 17.4. The van der Waals surface area contributed by atoms with Crippen molar-refractivity contribution in [3.63, 3.8) is 0 Å². The van der Waals surface area contributed by atoms with E-state index >= 15 is 0 Å². The highest BCUT2D eigenvalue weighted by atomic mass is 31.2. The summed E-state index contributed by atoms with van der Waals surface area (Å²) in [5.74, 6) is -1.24. The number of carbonyl (C=O) groups is 1. The van der Waals surface area contributed by atoms with Gasteiger partial charge in [0.1, 0.15) is 12.5 Å². The molecule has 5 N–H and O–H groups in total. The second-order valence-electron chi connectivity index (χ2n) is 3.94. The van der Waals surface area contributed by atoms with Gasteiger partial charge in [0.25, 0.3) is 11.5 Å². The highest BCUT2D eigenvalue weighted by Crippen LogP contribution is 2.34. The number of carbonyl (C=O) groups excluding carboxylic acids is 1. The predicted octanol–water partition coefficient (Wildman–Crippen LogP) is -2.95. The van der Waals surface area contributed by atoms with E-state index in [9.17, 15) is 24.1 Å². The number of rotatable bonds is 6. The third kappa shape index (κ3) is 5.01. The lowest BCUT2D eigenvalue weighted by Gasteiger charge is -2.20. The number of nitrogens with one attached hydrogen (secondary N) is 1. The van der Waals surface area contributed by atoms with E-state index in [4.69, 9.17) is 14.9 Å². The van der Waals surface area contributed by atoms with E-state index in [2.05, 4.69) is 4.74 Å². The summed E-state index contributed by atoms with van der Waals surface area (Å²) >= 11 is 0. The van der Waals surface area contributed by atoms with E-state index in [1.54, 1.807) is 4.98 Å². The molecular weight excluding hydrogens is 311 g/mol. The Hall–Kier alpha value is -1.62. The Bertz CT molecular complexity index is 660. The number of aromatic amines is 1. The van der Waals surface area contributed by atoms with Crippen LogP contribution < -0.4 is 11.2 Å². The van der Waals surface area contributed by atoms with Gasteiger partial charge in [0.05, 0.1) is 6.61 Å². The molecule has 11 nitrogen and oxygen atoms in total. The fourth-order valence-corrected chi connectivity index (χ4v) is 1.71. The molecule has 0 aromatic carbocycles. The Balaban J connectivity index is 2.91. The number of aromatic nitrogens is 2. The van der Waals surface area contributed by atoms with E-state index in [-0.39, 0.29) is 0 Å². The first-order chi connectivity index (χ1) is 9.65. The third-order valence-corrected chi connectivity index (χ3v) is 2.79. The van der Waals surface area contributed by atoms with Crippen molar-refractivity contribution in [2.75, 3.05) is 13.0 Å². The van der Waals surface area contributed by atoms with Gasteiger partial charge >= 0.3 is 13.3 Å². The Morgan fingerprint density at radius 1 is 1.43 bits per heavy atom. The van der Waals surface area contributed by atoms with Gasteiger partial charge in [0, 0.05) is 12.3 Å². The van der Waals surface area contributed by atoms with Crippen LogP contribution in [0.5, 0.6) is 0 Å². The van der Waals surface area contributed by atoms with Crippen LogP contribution in [0, 0.1) is 0 Å². The van der Waals surface area contributed by atoms with Crippen LogP contribution in [-0.4, -0.2) is 60.6 Å². The molecule has 12 heteroatoms. The van der Waals surface area contributed by atoms with Crippen molar-refractivity contribution in [1.29, 1.82) is 0 Å². The summed E-state index contributed by atoms with van der Waals surface area (Å²) in [4.78, 5) is 53.0. The van der Waals surface area contributed by atoms with Crippen LogP contribution in [-0.2, 0) is 9.30 Å². The molecule has 0 bridgehead atoms. The molecule has 0 aliphatic heterocycles. The fraction of sp³-hybridized carbons (Fsp3) is 0.444. The number of nitrogens with zero attached hydrogens (tertiary/aromatic N) is 1. The van der Waals surface area contributed by atoms with Crippen LogP contribution in [0.4, 0.5) is 0 Å². The number of hydrogen-bond donors (Lipinski definition) is 5. The second kappa shape index (κ2) is 6.89. The van der Waals surface area contributed by atoms with Crippen molar-refractivity contribution in [3.05, 3.63) is 33.1 Å². The molecule has 1 aromatic heterocycles. The minimum Gasteiger partial charge on any atom is -0.394 e. The number of H-pyrrole nitrogens is 1. The van der Waals surface area contributed by atoms with Crippen molar-refractivity contribution in [2.24, 2.45) is 0 Å². The summed E-state index contributed by atoms with van der Waals surface area (Å²) in [6, 6.07) is 0.858. The number of ether oxygens (including phenoxy) is 1. The zero-order valence-electron chi connectivity index (χ0n) is 10.4. The van der Waals surface area contributed by atoms with E-state index in [1.165, 1.54) is 0 Å². The van der Waals surface area contributed by atoms with Crippen LogP contribution in [0.3, 0.4) is 0 Å². The SMILES string of the molecule is O=C([C@H](O)[C@H](CO)OCP(=O)(O)O)n1ccc(=O)[nH]c1=O. The Labute approximate surface area is 116 Å².